The molecule has 2 bridgehead atoms. The normalized spacial score (nSPS) is 47.4. The van der Waals surface area contributed by atoms with Crippen LogP contribution in [0.2, 0.25) is 0 Å². The third-order valence-electron chi connectivity index (χ3n) is 12.9. The highest BCUT2D eigenvalue weighted by atomic mass is 16.7. The molecule has 6 aliphatic rings. The van der Waals surface area contributed by atoms with Crippen LogP contribution in [0.5, 0.6) is 0 Å². The van der Waals surface area contributed by atoms with E-state index >= 15 is 0 Å². The summed E-state index contributed by atoms with van der Waals surface area (Å²) in [6.45, 7) is 11.7. The number of aliphatic hydroxyl groups is 3. The predicted octanol–water partition coefficient (Wildman–Crippen LogP) is 6.39. The van der Waals surface area contributed by atoms with Crippen LogP contribution in [0.3, 0.4) is 0 Å². The highest BCUT2D eigenvalue weighted by Crippen LogP contribution is 2.45. The Morgan fingerprint density at radius 2 is 1.66 bits per heavy atom. The molecular weight excluding hydrogens is 676 g/mol. The third-order valence-corrected chi connectivity index (χ3v) is 12.9. The Hall–Kier alpha value is -2.15. The van der Waals surface area contributed by atoms with Gasteiger partial charge in [-0.1, -0.05) is 69.6 Å². The Morgan fingerprint density at radius 3 is 2.40 bits per heavy atom. The zero-order valence-corrected chi connectivity index (χ0v) is 32.8. The second-order valence-corrected chi connectivity index (χ2v) is 16.9. The fraction of sp³-hybridized carbons (Fsp3) is 0.744. The lowest BCUT2D eigenvalue weighted by Gasteiger charge is -2.49. The van der Waals surface area contributed by atoms with Crippen molar-refractivity contribution in [2.24, 2.45) is 23.7 Å². The van der Waals surface area contributed by atoms with Crippen LogP contribution in [0.25, 0.3) is 0 Å². The molecule has 296 valence electrons. The molecule has 10 heteroatoms. The van der Waals surface area contributed by atoms with Crippen molar-refractivity contribution >= 4 is 5.97 Å². The molecule has 3 N–H and O–H groups in total. The summed E-state index contributed by atoms with van der Waals surface area (Å²) in [5.74, 6) is -2.01. The van der Waals surface area contributed by atoms with Crippen molar-refractivity contribution in [2.45, 2.75) is 172 Å². The standard InChI is InChI=1S/C43H64O10/c1-25-12-11-13-29(5)43(47)24-35(44)28(4)20-34(43)41(46)50-33-21-32(17-16-26(2)39(25)51-37-22-36(48-7)38(45)30(6)49-37)52-42(23-33)19-18-27(3)40(53-42)31-14-9-8-10-15-31/h11-13,16,18-20,25,27,30-40,44-45,47H,8-10,14-15,17,21-24H2,1-7H3/b12-11+,26-16+,29-13+/t25-,27-,30-,32+,33-,34-,35-,36-,37-,38-,39-,40-,42+,43+/m0/s1. The van der Waals surface area contributed by atoms with Gasteiger partial charge in [-0.3, -0.25) is 4.79 Å². The van der Waals surface area contributed by atoms with Gasteiger partial charge in [-0.25, -0.2) is 0 Å². The molecule has 0 amide bonds. The molecule has 0 aromatic carbocycles. The van der Waals surface area contributed by atoms with E-state index in [1.165, 1.54) is 19.3 Å². The van der Waals surface area contributed by atoms with Gasteiger partial charge in [0.15, 0.2) is 12.1 Å². The van der Waals surface area contributed by atoms with Gasteiger partial charge in [-0.15, -0.1) is 0 Å². The van der Waals surface area contributed by atoms with Crippen molar-refractivity contribution in [2.75, 3.05) is 7.11 Å². The summed E-state index contributed by atoms with van der Waals surface area (Å²) in [6, 6.07) is 0. The lowest BCUT2D eigenvalue weighted by molar-refractivity contribution is -0.301. The first-order chi connectivity index (χ1) is 25.2. The highest BCUT2D eigenvalue weighted by molar-refractivity contribution is 5.78. The number of rotatable bonds is 4. The number of carbonyl (C=O) groups is 1. The van der Waals surface area contributed by atoms with Gasteiger partial charge in [0.1, 0.15) is 23.7 Å². The van der Waals surface area contributed by atoms with Crippen molar-refractivity contribution < 1.29 is 48.5 Å². The quantitative estimate of drug-likeness (QED) is 0.220. The number of carbonyl (C=O) groups excluding carboxylic acids is 1. The molecule has 4 heterocycles. The Balaban J connectivity index is 1.36. The molecule has 6 rings (SSSR count). The van der Waals surface area contributed by atoms with Crippen LogP contribution in [0.15, 0.2) is 59.3 Å². The number of esters is 1. The van der Waals surface area contributed by atoms with E-state index in [1.54, 1.807) is 27.0 Å². The topological polar surface area (TPSA) is 133 Å². The molecule has 2 saturated heterocycles. The van der Waals surface area contributed by atoms with Crippen LogP contribution >= 0.6 is 0 Å². The number of fused-ring (bicyclic) bond motifs is 3. The summed E-state index contributed by atoms with van der Waals surface area (Å²) < 4.78 is 38.7. The van der Waals surface area contributed by atoms with Crippen molar-refractivity contribution in [3.8, 4) is 0 Å². The van der Waals surface area contributed by atoms with E-state index in [9.17, 15) is 20.1 Å². The number of hydrogen-bond acceptors (Lipinski definition) is 10. The molecule has 3 fully saturated rings. The van der Waals surface area contributed by atoms with E-state index in [0.717, 1.165) is 18.4 Å². The molecule has 14 atom stereocenters. The molecule has 4 aliphatic heterocycles. The van der Waals surface area contributed by atoms with Gasteiger partial charge in [-0.05, 0) is 75.7 Å². The SMILES string of the molecule is CO[C@H]1C[C@H](O[C@@H]2/C(C)=C/C[C@@H]3C[C@@H](C[C@]4(C=C[C@H](C)[C@@H](C5CCCCC5)O4)O3)OC(=O)[C@@H]3C=C(C)[C@@H](O)C[C@@]3(O)/C(C)=C/C=C/[C@@H]2C)O[C@@H](C)[C@@H]1O. The number of methoxy groups -OCH3 is 1. The van der Waals surface area contributed by atoms with Crippen molar-refractivity contribution in [1.29, 1.82) is 0 Å². The first-order valence-electron chi connectivity index (χ1n) is 20.1. The number of allylic oxidation sites excluding steroid dienone is 2. The van der Waals surface area contributed by atoms with Crippen molar-refractivity contribution in [3.63, 3.8) is 0 Å². The molecule has 0 radical (unpaired) electrons. The van der Waals surface area contributed by atoms with E-state index in [4.69, 9.17) is 28.4 Å². The van der Waals surface area contributed by atoms with Crippen LogP contribution in [0.4, 0.5) is 0 Å². The minimum Gasteiger partial charge on any atom is -0.462 e. The van der Waals surface area contributed by atoms with E-state index in [2.05, 4.69) is 26.0 Å². The van der Waals surface area contributed by atoms with Crippen molar-refractivity contribution in [1.82, 2.24) is 0 Å². The molecule has 2 aliphatic carbocycles. The van der Waals surface area contributed by atoms with Crippen molar-refractivity contribution in [3.05, 3.63) is 59.3 Å². The molecule has 0 unspecified atom stereocenters. The first-order valence-corrected chi connectivity index (χ1v) is 20.1. The van der Waals surface area contributed by atoms with Crippen LogP contribution in [0.1, 0.15) is 106 Å². The maximum absolute atomic E-state index is 14.2. The monoisotopic (exact) mass is 740 g/mol. The summed E-state index contributed by atoms with van der Waals surface area (Å²) >= 11 is 0. The summed E-state index contributed by atoms with van der Waals surface area (Å²) in [5.41, 5.74) is 0.523. The van der Waals surface area contributed by atoms with Gasteiger partial charge < -0.3 is 43.7 Å². The Morgan fingerprint density at radius 1 is 0.906 bits per heavy atom. The number of hydrogen-bond donors (Lipinski definition) is 3. The second-order valence-electron chi connectivity index (χ2n) is 16.9. The van der Waals surface area contributed by atoms with Gasteiger partial charge >= 0.3 is 5.97 Å². The Kier molecular flexibility index (Phi) is 12.9. The summed E-state index contributed by atoms with van der Waals surface area (Å²) in [4.78, 5) is 14.2. The largest absolute Gasteiger partial charge is 0.462 e. The molecule has 10 nitrogen and oxygen atoms in total. The second kappa shape index (κ2) is 16.9. The molecule has 0 aromatic rings. The molecule has 53 heavy (non-hydrogen) atoms. The lowest BCUT2D eigenvalue weighted by Crippen LogP contribution is -2.54. The summed E-state index contributed by atoms with van der Waals surface area (Å²) in [7, 11) is 1.59. The third kappa shape index (κ3) is 8.96. The van der Waals surface area contributed by atoms with Gasteiger partial charge in [0, 0.05) is 44.6 Å². The predicted molar refractivity (Wildman–Crippen MR) is 200 cm³/mol. The van der Waals surface area contributed by atoms with Crippen LogP contribution in [-0.2, 0) is 33.2 Å². The minimum atomic E-state index is -1.65. The first kappa shape index (κ1) is 40.5. The number of ether oxygens (including phenoxy) is 6. The van der Waals surface area contributed by atoms with Crippen LogP contribution in [0, 0.1) is 23.7 Å². The lowest BCUT2D eigenvalue weighted by atomic mass is 9.71. The summed E-state index contributed by atoms with van der Waals surface area (Å²) in [6.07, 6.45) is 17.1. The average molecular weight is 741 g/mol. The Bertz CT molecular complexity index is 1440. The van der Waals surface area contributed by atoms with E-state index in [0.29, 0.717) is 42.7 Å². The number of aliphatic hydroxyl groups excluding tert-OH is 2. The zero-order valence-electron chi connectivity index (χ0n) is 32.8. The van der Waals surface area contributed by atoms with E-state index in [-0.39, 0.29) is 36.6 Å². The maximum atomic E-state index is 14.2. The van der Waals surface area contributed by atoms with Crippen LogP contribution in [-0.4, -0.2) is 94.9 Å². The molecule has 1 saturated carbocycles. The van der Waals surface area contributed by atoms with Gasteiger partial charge in [0.25, 0.3) is 0 Å². The zero-order chi connectivity index (χ0) is 38.1. The highest BCUT2D eigenvalue weighted by Gasteiger charge is 2.51. The Labute approximate surface area is 316 Å². The molecule has 1 spiro atoms. The van der Waals surface area contributed by atoms with Gasteiger partial charge in [0.2, 0.25) is 0 Å². The fourth-order valence-electron chi connectivity index (χ4n) is 9.46. The van der Waals surface area contributed by atoms with Crippen LogP contribution < -0.4 is 0 Å². The average Bonchev–Trinajstić information content (AvgIpc) is 3.13. The van der Waals surface area contributed by atoms with E-state index in [1.807, 2.05) is 38.2 Å². The maximum Gasteiger partial charge on any atom is 0.316 e. The van der Waals surface area contributed by atoms with Gasteiger partial charge in [-0.2, -0.15) is 0 Å². The molecular formula is C43H64O10. The van der Waals surface area contributed by atoms with Gasteiger partial charge in [0.05, 0.1) is 36.6 Å². The molecule has 0 aromatic heterocycles. The fourth-order valence-corrected chi connectivity index (χ4v) is 9.46. The smallest absolute Gasteiger partial charge is 0.316 e. The van der Waals surface area contributed by atoms with E-state index < -0.39 is 60.1 Å². The minimum absolute atomic E-state index is 0.00609. The summed E-state index contributed by atoms with van der Waals surface area (Å²) in [5, 5.41) is 33.7.